The summed E-state index contributed by atoms with van der Waals surface area (Å²) in [5.41, 5.74) is -3.47. The van der Waals surface area contributed by atoms with E-state index in [-0.39, 0.29) is 23.5 Å². The zero-order valence-electron chi connectivity index (χ0n) is 22.7. The van der Waals surface area contributed by atoms with Gasteiger partial charge in [-0.25, -0.2) is 13.8 Å². The number of likely N-dealkylation sites (tertiary alicyclic amines) is 1. The summed E-state index contributed by atoms with van der Waals surface area (Å²) in [5, 5.41) is 24.8. The molecule has 7 atom stereocenters. The number of amides is 1. The summed E-state index contributed by atoms with van der Waals surface area (Å²) in [6.45, 7) is 2.33. The number of hydrogen-bond acceptors (Lipinski definition) is 10. The molecule has 2 aromatic rings. The normalized spacial score (nSPS) is 28.6. The molecule has 1 aromatic carbocycles. The third-order valence-electron chi connectivity index (χ3n) is 6.97. The topological polar surface area (TPSA) is 182 Å². The summed E-state index contributed by atoms with van der Waals surface area (Å²) in [4.78, 5) is 42.4. The smallest absolute Gasteiger partial charge is 0.459 e. The highest BCUT2D eigenvalue weighted by Crippen LogP contribution is 2.47. The van der Waals surface area contributed by atoms with Gasteiger partial charge < -0.3 is 24.8 Å². The lowest BCUT2D eigenvalue weighted by atomic mass is 9.98. The second-order valence-corrected chi connectivity index (χ2v) is 11.8. The molecule has 0 radical (unpaired) electrons. The molecule has 2 saturated heterocycles. The fourth-order valence-corrected chi connectivity index (χ4v) is 6.14. The molecule has 0 spiro atoms. The minimum atomic E-state index is -4.38. The second kappa shape index (κ2) is 12.3. The minimum Gasteiger partial charge on any atom is -0.480 e. The Balaban J connectivity index is 1.47. The summed E-state index contributed by atoms with van der Waals surface area (Å²) in [5.74, 6) is -1.57. The van der Waals surface area contributed by atoms with Gasteiger partial charge in [0.1, 0.15) is 29.8 Å². The molecule has 1 aromatic heterocycles. The van der Waals surface area contributed by atoms with Gasteiger partial charge in [0.05, 0.1) is 12.6 Å². The number of para-hydroxylation sites is 1. The van der Waals surface area contributed by atoms with Gasteiger partial charge in [0.25, 0.3) is 0 Å². The van der Waals surface area contributed by atoms with Crippen LogP contribution >= 0.6 is 7.75 Å². The lowest BCUT2D eigenvalue weighted by Gasteiger charge is -2.25. The Kier molecular flexibility index (Phi) is 9.26. The van der Waals surface area contributed by atoms with Crippen LogP contribution in [0.25, 0.3) is 0 Å². The van der Waals surface area contributed by atoms with Crippen LogP contribution in [0.1, 0.15) is 32.9 Å². The third-order valence-corrected chi connectivity index (χ3v) is 8.62. The van der Waals surface area contributed by atoms with E-state index in [1.54, 1.807) is 18.2 Å². The van der Waals surface area contributed by atoms with Gasteiger partial charge in [0.2, 0.25) is 5.91 Å². The van der Waals surface area contributed by atoms with Gasteiger partial charge in [-0.2, -0.15) is 10.1 Å². The molecular formula is C25H33FN5O9P. The molecule has 0 bridgehead atoms. The molecule has 0 aliphatic carbocycles. The van der Waals surface area contributed by atoms with Crippen LogP contribution in [-0.4, -0.2) is 86.7 Å². The number of rotatable bonds is 11. The van der Waals surface area contributed by atoms with Crippen molar-refractivity contribution in [3.63, 3.8) is 0 Å². The van der Waals surface area contributed by atoms with Crippen LogP contribution in [0.4, 0.5) is 10.2 Å². The monoisotopic (exact) mass is 597 g/mol. The van der Waals surface area contributed by atoms with E-state index in [0.717, 1.165) is 24.5 Å². The number of halogens is 1. The highest BCUT2D eigenvalue weighted by molar-refractivity contribution is 7.52. The fourth-order valence-electron chi connectivity index (χ4n) is 4.64. The van der Waals surface area contributed by atoms with Gasteiger partial charge in [-0.15, -0.1) is 0 Å². The van der Waals surface area contributed by atoms with E-state index in [1.165, 1.54) is 31.3 Å². The Morgan fingerprint density at radius 1 is 1.32 bits per heavy atom. The lowest BCUT2D eigenvalue weighted by molar-refractivity contribution is -0.138. The number of carbonyl (C=O) groups excluding carboxylic acids is 1. The van der Waals surface area contributed by atoms with Crippen molar-refractivity contribution in [2.24, 2.45) is 0 Å². The van der Waals surface area contributed by atoms with Crippen molar-refractivity contribution in [3.8, 4) is 5.75 Å². The van der Waals surface area contributed by atoms with Gasteiger partial charge in [-0.1, -0.05) is 18.2 Å². The third kappa shape index (κ3) is 7.00. The molecule has 3 heterocycles. The summed E-state index contributed by atoms with van der Waals surface area (Å²) < 4.78 is 46.4. The maximum Gasteiger partial charge on any atom is 0.459 e. The van der Waals surface area contributed by atoms with Crippen LogP contribution in [0.3, 0.4) is 0 Å². The molecule has 4 N–H and O–H groups in total. The largest absolute Gasteiger partial charge is 0.480 e. The van der Waals surface area contributed by atoms with Crippen molar-refractivity contribution >= 4 is 25.4 Å². The number of aliphatic hydroxyl groups is 1. The average Bonchev–Trinajstić information content (AvgIpc) is 3.44. The van der Waals surface area contributed by atoms with E-state index in [4.69, 9.17) is 13.8 Å². The first-order chi connectivity index (χ1) is 19.3. The molecule has 224 valence electrons. The molecule has 2 fully saturated rings. The van der Waals surface area contributed by atoms with Gasteiger partial charge >= 0.3 is 19.4 Å². The number of likely N-dealkylation sites (N-methyl/N-ethyl adjacent to an activating group) is 1. The highest BCUT2D eigenvalue weighted by atomic mass is 31.2. The first-order valence-electron chi connectivity index (χ1n) is 12.9. The van der Waals surface area contributed by atoms with Gasteiger partial charge in [0.15, 0.2) is 11.9 Å². The van der Waals surface area contributed by atoms with Gasteiger partial charge in [-0.05, 0) is 58.5 Å². The summed E-state index contributed by atoms with van der Waals surface area (Å²) in [7, 11) is -2.55. The summed E-state index contributed by atoms with van der Waals surface area (Å²) in [6.07, 6.45) is -2.22. The van der Waals surface area contributed by atoms with Crippen LogP contribution in [0.15, 0.2) is 47.4 Å². The fraction of sp³-hybridized carbons (Fsp3) is 0.520. The van der Waals surface area contributed by atoms with Crippen molar-refractivity contribution in [1.82, 2.24) is 19.5 Å². The van der Waals surface area contributed by atoms with Crippen LogP contribution in [0.2, 0.25) is 0 Å². The number of benzene rings is 1. The Hall–Kier alpha value is -3.20. The van der Waals surface area contributed by atoms with E-state index in [1.807, 2.05) is 11.9 Å². The SMILES string of the molecule is C[C@H](NP(=O)(OC[C@H]1O[C@@H](n2ccc(NC(=O)[C@@H]3CCCN3C)nc2=O)[C@](C)(F)[C@@H]1O)Oc1ccccc1)C(=O)O. The number of aromatic nitrogens is 2. The van der Waals surface area contributed by atoms with Crippen molar-refractivity contribution in [2.75, 3.05) is 25.5 Å². The Labute approximate surface area is 235 Å². The maximum atomic E-state index is 15.7. The average molecular weight is 598 g/mol. The number of aliphatic hydroxyl groups excluding tert-OH is 1. The molecular weight excluding hydrogens is 564 g/mol. The van der Waals surface area contributed by atoms with Crippen molar-refractivity contribution < 1.29 is 42.5 Å². The van der Waals surface area contributed by atoms with E-state index >= 15 is 4.39 Å². The van der Waals surface area contributed by atoms with Crippen LogP contribution in [-0.2, 0) is 23.4 Å². The molecule has 14 nitrogen and oxygen atoms in total. The van der Waals surface area contributed by atoms with Crippen molar-refractivity contribution in [3.05, 3.63) is 53.1 Å². The lowest BCUT2D eigenvalue weighted by Crippen LogP contribution is -2.43. The second-order valence-electron chi connectivity index (χ2n) is 10.1. The quantitative estimate of drug-likeness (QED) is 0.275. The Morgan fingerprint density at radius 2 is 2.02 bits per heavy atom. The standard InChI is InChI=1S/C25H33FN5O9P/c1-15(22(34)35)29-41(37,40-16-8-5-4-6-9-16)38-14-18-20(32)25(2,26)23(39-18)31-13-11-19(28-24(31)36)27-21(33)17-10-7-12-30(17)3/h4-6,8-9,11,13,15,17-18,20,23,32H,7,10,12,14H2,1-3H3,(H,29,37)(H,34,35)(H,27,28,33,36)/t15-,17-,18+,20+,23+,25+,41?/m0/s1. The van der Waals surface area contributed by atoms with Crippen LogP contribution in [0.5, 0.6) is 5.75 Å². The summed E-state index contributed by atoms with van der Waals surface area (Å²) in [6, 6.07) is 7.42. The molecule has 1 unspecified atom stereocenters. The molecule has 16 heteroatoms. The van der Waals surface area contributed by atoms with Gasteiger partial charge in [0, 0.05) is 6.20 Å². The number of anilines is 1. The van der Waals surface area contributed by atoms with E-state index in [0.29, 0.717) is 6.42 Å². The molecule has 0 saturated carbocycles. The number of carboxylic acid groups (broad SMARTS) is 1. The molecule has 41 heavy (non-hydrogen) atoms. The van der Waals surface area contributed by atoms with E-state index in [2.05, 4.69) is 15.4 Å². The van der Waals surface area contributed by atoms with Crippen LogP contribution < -0.4 is 20.6 Å². The summed E-state index contributed by atoms with van der Waals surface area (Å²) >= 11 is 0. The van der Waals surface area contributed by atoms with Crippen molar-refractivity contribution in [2.45, 2.75) is 62.9 Å². The molecule has 2 aliphatic rings. The predicted molar refractivity (Wildman–Crippen MR) is 143 cm³/mol. The van der Waals surface area contributed by atoms with Crippen LogP contribution in [0, 0.1) is 0 Å². The Morgan fingerprint density at radius 3 is 2.63 bits per heavy atom. The molecule has 2 aliphatic heterocycles. The number of hydrogen-bond donors (Lipinski definition) is 4. The first-order valence-corrected chi connectivity index (χ1v) is 14.5. The number of ether oxygens (including phenoxy) is 1. The maximum absolute atomic E-state index is 15.7. The highest BCUT2D eigenvalue weighted by Gasteiger charge is 2.56. The predicted octanol–water partition coefficient (Wildman–Crippen LogP) is 1.53. The van der Waals surface area contributed by atoms with Gasteiger partial charge in [-0.3, -0.25) is 23.6 Å². The molecule has 4 rings (SSSR count). The van der Waals surface area contributed by atoms with E-state index < -0.39 is 56.2 Å². The number of carbonyl (C=O) groups is 2. The van der Waals surface area contributed by atoms with Crippen molar-refractivity contribution in [1.29, 1.82) is 0 Å². The minimum absolute atomic E-state index is 0.0202. The number of alkyl halides is 1. The Bertz CT molecular complexity index is 1360. The number of aliphatic carboxylic acids is 1. The first kappa shape index (κ1) is 30.8. The zero-order chi connectivity index (χ0) is 29.9. The molecule has 1 amide bonds. The zero-order valence-corrected chi connectivity index (χ0v) is 23.6. The number of nitrogens with one attached hydrogen (secondary N) is 2. The number of carboxylic acids is 1. The number of nitrogens with zero attached hydrogens (tertiary/aromatic N) is 3. The van der Waals surface area contributed by atoms with E-state index in [9.17, 15) is 29.2 Å².